The molecule has 1 amide bonds. The summed E-state index contributed by atoms with van der Waals surface area (Å²) < 4.78 is 0. The molecule has 0 saturated carbocycles. The minimum Gasteiger partial charge on any atom is -0.341 e. The van der Waals surface area contributed by atoms with Crippen LogP contribution < -0.4 is 0 Å². The van der Waals surface area contributed by atoms with Crippen LogP contribution in [0.15, 0.2) is 30.3 Å². The molecule has 1 fully saturated rings. The Hall–Kier alpha value is -1.35. The highest BCUT2D eigenvalue weighted by Gasteiger charge is 2.18. The summed E-state index contributed by atoms with van der Waals surface area (Å²) in [4.78, 5) is 17.3. The molecule has 30 heavy (non-hydrogen) atoms. The molecule has 0 radical (unpaired) electrons. The van der Waals surface area contributed by atoms with Gasteiger partial charge in [-0.1, -0.05) is 101 Å². The van der Waals surface area contributed by atoms with Gasteiger partial charge in [0.05, 0.1) is 0 Å². The summed E-state index contributed by atoms with van der Waals surface area (Å²) in [5.74, 6) is 0.385. The maximum absolute atomic E-state index is 12.6. The molecule has 170 valence electrons. The van der Waals surface area contributed by atoms with Crippen LogP contribution in [0.4, 0.5) is 0 Å². The third-order valence-electron chi connectivity index (χ3n) is 6.49. The van der Waals surface area contributed by atoms with Gasteiger partial charge in [-0.15, -0.1) is 0 Å². The van der Waals surface area contributed by atoms with Crippen LogP contribution in [0.3, 0.4) is 0 Å². The lowest BCUT2D eigenvalue weighted by molar-refractivity contribution is -0.131. The number of amides is 1. The van der Waals surface area contributed by atoms with E-state index in [0.29, 0.717) is 5.91 Å². The first-order chi connectivity index (χ1) is 14.8. The van der Waals surface area contributed by atoms with Crippen LogP contribution in [-0.4, -0.2) is 48.4 Å². The Morgan fingerprint density at radius 1 is 0.767 bits per heavy atom. The number of benzene rings is 1. The highest BCUT2D eigenvalue weighted by Crippen LogP contribution is 2.13. The largest absolute Gasteiger partial charge is 0.341 e. The van der Waals surface area contributed by atoms with Gasteiger partial charge in [0.25, 0.3) is 0 Å². The molecule has 1 aliphatic heterocycles. The van der Waals surface area contributed by atoms with E-state index in [1.54, 1.807) is 0 Å². The van der Waals surface area contributed by atoms with E-state index in [2.05, 4.69) is 47.1 Å². The summed E-state index contributed by atoms with van der Waals surface area (Å²) in [5, 5.41) is 0. The number of rotatable bonds is 15. The summed E-state index contributed by atoms with van der Waals surface area (Å²) >= 11 is 0. The summed E-state index contributed by atoms with van der Waals surface area (Å²) in [7, 11) is 0. The van der Waals surface area contributed by atoms with E-state index in [4.69, 9.17) is 0 Å². The van der Waals surface area contributed by atoms with Crippen LogP contribution in [0.5, 0.6) is 0 Å². The van der Waals surface area contributed by atoms with Crippen molar-refractivity contribution in [1.82, 2.24) is 9.80 Å². The van der Waals surface area contributed by atoms with E-state index in [1.807, 2.05) is 0 Å². The zero-order valence-electron chi connectivity index (χ0n) is 19.6. The second kappa shape index (κ2) is 16.4. The molecule has 1 aromatic rings. The standard InChI is InChI=1S/C27H46N2O/c1-2-3-4-5-6-7-8-9-10-11-15-19-27(30)29-22-16-21-28(24-25-29)23-20-26-17-13-12-14-18-26/h12-14,17-18H,2-11,15-16,19-25H2,1H3. The second-order valence-corrected chi connectivity index (χ2v) is 9.10. The van der Waals surface area contributed by atoms with Crippen LogP contribution in [0.2, 0.25) is 0 Å². The summed E-state index contributed by atoms with van der Waals surface area (Å²) in [6, 6.07) is 10.7. The van der Waals surface area contributed by atoms with Gasteiger partial charge in [0, 0.05) is 32.6 Å². The van der Waals surface area contributed by atoms with E-state index in [-0.39, 0.29) is 0 Å². The molecule has 0 unspecified atom stereocenters. The minimum absolute atomic E-state index is 0.385. The third-order valence-corrected chi connectivity index (χ3v) is 6.49. The molecule has 2 rings (SSSR count). The summed E-state index contributed by atoms with van der Waals surface area (Å²) in [6.45, 7) is 7.38. The predicted molar refractivity (Wildman–Crippen MR) is 129 cm³/mol. The fourth-order valence-electron chi connectivity index (χ4n) is 4.47. The van der Waals surface area contributed by atoms with Gasteiger partial charge in [0.15, 0.2) is 0 Å². The number of nitrogens with zero attached hydrogens (tertiary/aromatic N) is 2. The Morgan fingerprint density at radius 3 is 2.07 bits per heavy atom. The van der Waals surface area contributed by atoms with E-state index in [0.717, 1.165) is 58.4 Å². The smallest absolute Gasteiger partial charge is 0.222 e. The van der Waals surface area contributed by atoms with E-state index < -0.39 is 0 Å². The number of hydrogen-bond acceptors (Lipinski definition) is 2. The van der Waals surface area contributed by atoms with Crippen molar-refractivity contribution < 1.29 is 4.79 Å². The highest BCUT2D eigenvalue weighted by molar-refractivity contribution is 5.76. The van der Waals surface area contributed by atoms with E-state index in [9.17, 15) is 4.79 Å². The third kappa shape index (κ3) is 11.2. The van der Waals surface area contributed by atoms with Crippen molar-refractivity contribution in [2.45, 2.75) is 96.8 Å². The monoisotopic (exact) mass is 414 g/mol. The lowest BCUT2D eigenvalue weighted by Crippen LogP contribution is -2.35. The molecular formula is C27H46N2O. The Labute approximate surface area is 186 Å². The Balaban J connectivity index is 1.48. The highest BCUT2D eigenvalue weighted by atomic mass is 16.2. The SMILES string of the molecule is CCCCCCCCCCCCCC(=O)N1CCCN(CCc2ccccc2)CC1. The molecule has 0 aromatic heterocycles. The van der Waals surface area contributed by atoms with Crippen LogP contribution in [0.1, 0.15) is 96.0 Å². The molecule has 1 saturated heterocycles. The molecule has 0 spiro atoms. The molecule has 0 bridgehead atoms. The first-order valence-electron chi connectivity index (χ1n) is 12.8. The summed E-state index contributed by atoms with van der Waals surface area (Å²) in [6.07, 6.45) is 17.7. The zero-order valence-corrected chi connectivity index (χ0v) is 19.6. The first kappa shape index (κ1) is 24.9. The van der Waals surface area contributed by atoms with Gasteiger partial charge in [-0.2, -0.15) is 0 Å². The van der Waals surface area contributed by atoms with Crippen molar-refractivity contribution in [2.24, 2.45) is 0 Å². The van der Waals surface area contributed by atoms with Crippen molar-refractivity contribution in [1.29, 1.82) is 0 Å². The number of carbonyl (C=O) groups is 1. The summed E-state index contributed by atoms with van der Waals surface area (Å²) in [5.41, 5.74) is 1.41. The normalized spacial score (nSPS) is 15.3. The van der Waals surface area contributed by atoms with E-state index in [1.165, 1.54) is 69.8 Å². The maximum atomic E-state index is 12.6. The molecule has 1 heterocycles. The Bertz CT molecular complexity index is 545. The molecule has 0 aliphatic carbocycles. The first-order valence-corrected chi connectivity index (χ1v) is 12.8. The maximum Gasteiger partial charge on any atom is 0.222 e. The second-order valence-electron chi connectivity index (χ2n) is 9.10. The zero-order chi connectivity index (χ0) is 21.3. The van der Waals surface area contributed by atoms with Crippen molar-refractivity contribution in [3.63, 3.8) is 0 Å². The van der Waals surface area contributed by atoms with Gasteiger partial charge in [-0.3, -0.25) is 4.79 Å². The molecule has 1 aromatic carbocycles. The van der Waals surface area contributed by atoms with Crippen LogP contribution >= 0.6 is 0 Å². The predicted octanol–water partition coefficient (Wildman–Crippen LogP) is 6.46. The fourth-order valence-corrected chi connectivity index (χ4v) is 4.47. The molecular weight excluding hydrogens is 368 g/mol. The van der Waals surface area contributed by atoms with Crippen molar-refractivity contribution in [3.8, 4) is 0 Å². The molecule has 1 aliphatic rings. The molecule has 3 nitrogen and oxygen atoms in total. The Morgan fingerprint density at radius 2 is 1.40 bits per heavy atom. The lowest BCUT2D eigenvalue weighted by atomic mass is 10.1. The average Bonchev–Trinajstić information content (AvgIpc) is 3.02. The number of carbonyl (C=O) groups excluding carboxylic acids is 1. The van der Waals surface area contributed by atoms with Crippen LogP contribution in [-0.2, 0) is 11.2 Å². The Kier molecular flexibility index (Phi) is 13.6. The van der Waals surface area contributed by atoms with Gasteiger partial charge in [-0.05, 0) is 31.4 Å². The van der Waals surface area contributed by atoms with Gasteiger partial charge in [-0.25, -0.2) is 0 Å². The average molecular weight is 415 g/mol. The number of unbranched alkanes of at least 4 members (excludes halogenated alkanes) is 10. The lowest BCUT2D eigenvalue weighted by Gasteiger charge is -2.22. The molecule has 0 N–H and O–H groups in total. The van der Waals surface area contributed by atoms with Gasteiger partial charge < -0.3 is 9.80 Å². The molecule has 3 heteroatoms. The van der Waals surface area contributed by atoms with Crippen molar-refractivity contribution >= 4 is 5.91 Å². The van der Waals surface area contributed by atoms with Crippen LogP contribution in [0.25, 0.3) is 0 Å². The van der Waals surface area contributed by atoms with E-state index >= 15 is 0 Å². The molecule has 0 atom stereocenters. The topological polar surface area (TPSA) is 23.6 Å². The minimum atomic E-state index is 0.385. The van der Waals surface area contributed by atoms with Gasteiger partial charge >= 0.3 is 0 Å². The van der Waals surface area contributed by atoms with Crippen LogP contribution in [0, 0.1) is 0 Å². The van der Waals surface area contributed by atoms with Gasteiger partial charge in [0.1, 0.15) is 0 Å². The van der Waals surface area contributed by atoms with Crippen molar-refractivity contribution in [2.75, 3.05) is 32.7 Å². The quantitative estimate of drug-likeness (QED) is 0.307. The number of hydrogen-bond donors (Lipinski definition) is 0. The fraction of sp³-hybridized carbons (Fsp3) is 0.741. The van der Waals surface area contributed by atoms with Gasteiger partial charge in [0.2, 0.25) is 5.91 Å². The van der Waals surface area contributed by atoms with Crippen molar-refractivity contribution in [3.05, 3.63) is 35.9 Å².